The molecule has 84 valence electrons. The molecular formula is C11H16ClNOS. The average Bonchev–Trinajstić information content (AvgIpc) is 2.20. The number of rotatable bonds is 6. The number of nitrogen functional groups attached to an aromatic ring is 1. The molecule has 0 aliphatic rings. The van der Waals surface area contributed by atoms with E-state index in [9.17, 15) is 0 Å². The van der Waals surface area contributed by atoms with E-state index in [0.29, 0.717) is 5.02 Å². The molecule has 0 heterocycles. The van der Waals surface area contributed by atoms with Gasteiger partial charge in [0.2, 0.25) is 0 Å². The summed E-state index contributed by atoms with van der Waals surface area (Å²) in [4.78, 5) is 1.09. The van der Waals surface area contributed by atoms with E-state index in [0.717, 1.165) is 35.6 Å². The Morgan fingerprint density at radius 3 is 2.73 bits per heavy atom. The van der Waals surface area contributed by atoms with Gasteiger partial charge in [-0.05, 0) is 36.8 Å². The third-order valence-electron chi connectivity index (χ3n) is 2.03. The Morgan fingerprint density at radius 2 is 2.07 bits per heavy atom. The minimum Gasteiger partial charge on any atom is -0.398 e. The molecule has 15 heavy (non-hydrogen) atoms. The maximum absolute atomic E-state index is 8.62. The van der Waals surface area contributed by atoms with Crippen LogP contribution in [-0.2, 0) is 0 Å². The summed E-state index contributed by atoms with van der Waals surface area (Å²) in [5.41, 5.74) is 6.56. The molecule has 0 unspecified atom stereocenters. The van der Waals surface area contributed by atoms with Crippen LogP contribution in [0.2, 0.25) is 5.02 Å². The summed E-state index contributed by atoms with van der Waals surface area (Å²) in [5.74, 6) is 1.03. The van der Waals surface area contributed by atoms with Gasteiger partial charge in [-0.3, -0.25) is 0 Å². The van der Waals surface area contributed by atoms with Gasteiger partial charge in [0.15, 0.2) is 0 Å². The maximum Gasteiger partial charge on any atom is 0.0467 e. The number of nitrogens with two attached hydrogens (primary N) is 1. The number of thioether (sulfide) groups is 1. The maximum atomic E-state index is 8.62. The molecule has 1 aromatic carbocycles. The van der Waals surface area contributed by atoms with Crippen LogP contribution in [-0.4, -0.2) is 17.5 Å². The van der Waals surface area contributed by atoms with E-state index in [-0.39, 0.29) is 6.61 Å². The van der Waals surface area contributed by atoms with E-state index in [1.807, 2.05) is 12.1 Å². The van der Waals surface area contributed by atoms with Crippen LogP contribution in [0.15, 0.2) is 23.1 Å². The number of benzene rings is 1. The van der Waals surface area contributed by atoms with E-state index in [2.05, 4.69) is 0 Å². The Kier molecular flexibility index (Phi) is 5.91. The SMILES string of the molecule is Nc1cc(Cl)ccc1SCCCCCO. The lowest BCUT2D eigenvalue weighted by Gasteiger charge is -2.05. The largest absolute Gasteiger partial charge is 0.398 e. The van der Waals surface area contributed by atoms with Gasteiger partial charge in [0.25, 0.3) is 0 Å². The second-order valence-electron chi connectivity index (χ2n) is 3.31. The number of hydrogen-bond donors (Lipinski definition) is 2. The Morgan fingerprint density at radius 1 is 1.27 bits per heavy atom. The van der Waals surface area contributed by atoms with Gasteiger partial charge in [-0.25, -0.2) is 0 Å². The molecule has 0 aliphatic heterocycles. The van der Waals surface area contributed by atoms with Gasteiger partial charge in [0, 0.05) is 22.2 Å². The Labute approximate surface area is 99.8 Å². The highest BCUT2D eigenvalue weighted by Gasteiger charge is 2.00. The van der Waals surface area contributed by atoms with Gasteiger partial charge in [0.1, 0.15) is 0 Å². The first-order chi connectivity index (χ1) is 7.24. The van der Waals surface area contributed by atoms with E-state index >= 15 is 0 Å². The second kappa shape index (κ2) is 6.99. The van der Waals surface area contributed by atoms with Gasteiger partial charge in [-0.2, -0.15) is 0 Å². The summed E-state index contributed by atoms with van der Waals surface area (Å²) in [5, 5.41) is 9.29. The van der Waals surface area contributed by atoms with Crippen molar-refractivity contribution in [2.45, 2.75) is 24.2 Å². The van der Waals surface area contributed by atoms with E-state index in [4.69, 9.17) is 22.4 Å². The van der Waals surface area contributed by atoms with E-state index in [1.165, 1.54) is 0 Å². The smallest absolute Gasteiger partial charge is 0.0467 e. The molecule has 1 rings (SSSR count). The first-order valence-electron chi connectivity index (χ1n) is 5.02. The molecular weight excluding hydrogens is 230 g/mol. The number of unbranched alkanes of at least 4 members (excludes halogenated alkanes) is 2. The average molecular weight is 246 g/mol. The van der Waals surface area contributed by atoms with Crippen molar-refractivity contribution in [3.8, 4) is 0 Å². The Balaban J connectivity index is 2.31. The monoisotopic (exact) mass is 245 g/mol. The molecule has 3 N–H and O–H groups in total. The Hall–Kier alpha value is -0.380. The van der Waals surface area contributed by atoms with Crippen LogP contribution in [0, 0.1) is 0 Å². The van der Waals surface area contributed by atoms with Crippen LogP contribution in [0.3, 0.4) is 0 Å². The molecule has 4 heteroatoms. The molecule has 0 saturated heterocycles. The van der Waals surface area contributed by atoms with Crippen molar-refractivity contribution in [2.75, 3.05) is 18.1 Å². The van der Waals surface area contributed by atoms with Crippen LogP contribution in [0.1, 0.15) is 19.3 Å². The molecule has 0 atom stereocenters. The first kappa shape index (κ1) is 12.7. The highest BCUT2D eigenvalue weighted by Crippen LogP contribution is 2.28. The van der Waals surface area contributed by atoms with Gasteiger partial charge >= 0.3 is 0 Å². The fourth-order valence-corrected chi connectivity index (χ4v) is 2.36. The predicted molar refractivity (Wildman–Crippen MR) is 67.5 cm³/mol. The van der Waals surface area contributed by atoms with Crippen molar-refractivity contribution in [3.63, 3.8) is 0 Å². The van der Waals surface area contributed by atoms with Crippen molar-refractivity contribution in [2.24, 2.45) is 0 Å². The Bertz CT molecular complexity index is 307. The molecule has 0 spiro atoms. The minimum atomic E-state index is 0.285. The molecule has 0 saturated carbocycles. The lowest BCUT2D eigenvalue weighted by atomic mass is 10.3. The van der Waals surface area contributed by atoms with Crippen LogP contribution in [0.25, 0.3) is 0 Å². The fraction of sp³-hybridized carbons (Fsp3) is 0.455. The fourth-order valence-electron chi connectivity index (χ4n) is 1.22. The number of aliphatic hydroxyl groups is 1. The molecule has 0 bridgehead atoms. The van der Waals surface area contributed by atoms with Crippen molar-refractivity contribution in [3.05, 3.63) is 23.2 Å². The molecule has 0 fully saturated rings. The number of aliphatic hydroxyl groups excluding tert-OH is 1. The van der Waals surface area contributed by atoms with E-state index in [1.54, 1.807) is 17.8 Å². The minimum absolute atomic E-state index is 0.285. The number of halogens is 1. The zero-order valence-electron chi connectivity index (χ0n) is 8.58. The van der Waals surface area contributed by atoms with Crippen molar-refractivity contribution >= 4 is 29.1 Å². The summed E-state index contributed by atoms with van der Waals surface area (Å²) >= 11 is 7.54. The molecule has 1 aromatic rings. The third-order valence-corrected chi connectivity index (χ3v) is 3.44. The number of anilines is 1. The highest BCUT2D eigenvalue weighted by atomic mass is 35.5. The molecule has 0 amide bonds. The molecule has 0 aromatic heterocycles. The normalized spacial score (nSPS) is 10.5. The van der Waals surface area contributed by atoms with Crippen molar-refractivity contribution < 1.29 is 5.11 Å². The van der Waals surface area contributed by atoms with Crippen LogP contribution in [0.4, 0.5) is 5.69 Å². The first-order valence-corrected chi connectivity index (χ1v) is 6.39. The van der Waals surface area contributed by atoms with Gasteiger partial charge in [-0.1, -0.05) is 18.0 Å². The lowest BCUT2D eigenvalue weighted by molar-refractivity contribution is 0.284. The summed E-state index contributed by atoms with van der Waals surface area (Å²) in [6.45, 7) is 0.285. The predicted octanol–water partition coefficient (Wildman–Crippen LogP) is 3.18. The van der Waals surface area contributed by atoms with Gasteiger partial charge in [-0.15, -0.1) is 11.8 Å². The van der Waals surface area contributed by atoms with E-state index < -0.39 is 0 Å². The summed E-state index contributed by atoms with van der Waals surface area (Å²) in [6.07, 6.45) is 3.06. The van der Waals surface area contributed by atoms with Crippen LogP contribution < -0.4 is 5.73 Å². The molecule has 0 radical (unpaired) electrons. The second-order valence-corrected chi connectivity index (χ2v) is 4.89. The summed E-state index contributed by atoms with van der Waals surface area (Å²) in [6, 6.07) is 5.58. The van der Waals surface area contributed by atoms with Gasteiger partial charge < -0.3 is 10.8 Å². The zero-order chi connectivity index (χ0) is 11.1. The van der Waals surface area contributed by atoms with Crippen molar-refractivity contribution in [1.29, 1.82) is 0 Å². The molecule has 0 aliphatic carbocycles. The van der Waals surface area contributed by atoms with Crippen molar-refractivity contribution in [1.82, 2.24) is 0 Å². The number of hydrogen-bond acceptors (Lipinski definition) is 3. The van der Waals surface area contributed by atoms with Gasteiger partial charge in [0.05, 0.1) is 0 Å². The lowest BCUT2D eigenvalue weighted by Crippen LogP contribution is -1.90. The zero-order valence-corrected chi connectivity index (χ0v) is 10.2. The third kappa shape index (κ3) is 4.78. The highest BCUT2D eigenvalue weighted by molar-refractivity contribution is 7.99. The summed E-state index contributed by atoms with van der Waals surface area (Å²) in [7, 11) is 0. The summed E-state index contributed by atoms with van der Waals surface area (Å²) < 4.78 is 0. The topological polar surface area (TPSA) is 46.2 Å². The molecule has 2 nitrogen and oxygen atoms in total. The standard InChI is InChI=1S/C11H16ClNOS/c12-9-4-5-11(10(13)8-9)15-7-3-1-2-6-14/h4-5,8,14H,1-3,6-7,13H2. The van der Waals surface area contributed by atoms with Crippen LogP contribution in [0.5, 0.6) is 0 Å². The van der Waals surface area contributed by atoms with Crippen LogP contribution >= 0.6 is 23.4 Å². The quantitative estimate of drug-likeness (QED) is 0.460.